The predicted molar refractivity (Wildman–Crippen MR) is 116 cm³/mol. The number of nitro benzene ring substituents is 1. The fourth-order valence-electron chi connectivity index (χ4n) is 3.65. The second-order valence-electron chi connectivity index (χ2n) is 7.31. The molecule has 1 aliphatic carbocycles. The Morgan fingerprint density at radius 1 is 0.909 bits per heavy atom. The van der Waals surface area contributed by atoms with Gasteiger partial charge in [0.15, 0.2) is 18.2 Å². The van der Waals surface area contributed by atoms with Gasteiger partial charge >= 0.3 is 5.97 Å². The van der Waals surface area contributed by atoms with E-state index in [1.54, 1.807) is 24.3 Å². The van der Waals surface area contributed by atoms with E-state index in [9.17, 15) is 29.3 Å². The molecule has 0 heterocycles. The highest BCUT2D eigenvalue weighted by Gasteiger charge is 2.29. The molecule has 0 atom stereocenters. The minimum Gasteiger partial charge on any atom is -0.452 e. The maximum absolute atomic E-state index is 12.8. The zero-order valence-corrected chi connectivity index (χ0v) is 17.3. The summed E-state index contributed by atoms with van der Waals surface area (Å²) in [6.45, 7) is 0.824. The molecule has 0 aromatic heterocycles. The molecule has 164 valence electrons. The number of hydrogen-bond donors (Lipinski definition) is 1. The van der Waals surface area contributed by atoms with Gasteiger partial charge in [-0.25, -0.2) is 4.79 Å². The van der Waals surface area contributed by atoms with E-state index in [-0.39, 0.29) is 39.5 Å². The Kier molecular flexibility index (Phi) is 5.53. The minimum atomic E-state index is -1.00. The Morgan fingerprint density at radius 2 is 1.55 bits per heavy atom. The Morgan fingerprint density at radius 3 is 2.21 bits per heavy atom. The second-order valence-corrected chi connectivity index (χ2v) is 7.31. The number of nitrogens with one attached hydrogen (secondary N) is 1. The number of aryl methyl sites for hydroxylation is 1. The molecule has 0 spiro atoms. The smallest absolute Gasteiger partial charge is 0.345 e. The molecule has 4 rings (SSSR count). The van der Waals surface area contributed by atoms with E-state index in [1.165, 1.54) is 43.3 Å². The van der Waals surface area contributed by atoms with Gasteiger partial charge in [-0.1, -0.05) is 36.4 Å². The Bertz CT molecular complexity index is 1360. The third-order valence-corrected chi connectivity index (χ3v) is 5.19. The van der Waals surface area contributed by atoms with Crippen molar-refractivity contribution in [3.8, 4) is 0 Å². The Labute approximate surface area is 187 Å². The van der Waals surface area contributed by atoms with Crippen LogP contribution in [0.5, 0.6) is 0 Å². The lowest BCUT2D eigenvalue weighted by Crippen LogP contribution is -2.23. The quantitative estimate of drug-likeness (QED) is 0.283. The number of fused-ring (bicyclic) bond motifs is 2. The summed E-state index contributed by atoms with van der Waals surface area (Å²) in [4.78, 5) is 60.6. The molecule has 0 saturated carbocycles. The lowest BCUT2D eigenvalue weighted by molar-refractivity contribution is -0.385. The summed E-state index contributed by atoms with van der Waals surface area (Å²) in [5.41, 5.74) is 0.922. The highest BCUT2D eigenvalue weighted by atomic mass is 16.6. The lowest BCUT2D eigenvalue weighted by atomic mass is 9.84. The van der Waals surface area contributed by atoms with E-state index in [1.807, 2.05) is 0 Å². The average molecular weight is 444 g/mol. The van der Waals surface area contributed by atoms with Crippen molar-refractivity contribution in [3.05, 3.63) is 104 Å². The van der Waals surface area contributed by atoms with Gasteiger partial charge in [0.2, 0.25) is 0 Å². The first-order valence-electron chi connectivity index (χ1n) is 9.81. The largest absolute Gasteiger partial charge is 0.452 e. The van der Waals surface area contributed by atoms with Gasteiger partial charge in [-0.05, 0) is 30.7 Å². The summed E-state index contributed by atoms with van der Waals surface area (Å²) in [5.74, 6) is -2.34. The highest BCUT2D eigenvalue weighted by Crippen LogP contribution is 2.29. The number of esters is 1. The number of rotatable bonds is 5. The molecule has 9 heteroatoms. The molecule has 1 aliphatic rings. The van der Waals surface area contributed by atoms with Crippen LogP contribution in [-0.2, 0) is 9.53 Å². The van der Waals surface area contributed by atoms with Crippen molar-refractivity contribution in [2.75, 3.05) is 11.9 Å². The number of nitro groups is 1. The molecule has 1 amide bonds. The van der Waals surface area contributed by atoms with Gasteiger partial charge in [-0.2, -0.15) is 0 Å². The van der Waals surface area contributed by atoms with Crippen LogP contribution >= 0.6 is 0 Å². The first-order valence-corrected chi connectivity index (χ1v) is 9.81. The SMILES string of the molecule is Cc1cccc([N+](=O)[O-])c1C(=O)OCC(=O)Nc1ccc2c(c1)C(=O)c1ccccc1C2=O. The van der Waals surface area contributed by atoms with Gasteiger partial charge in [-0.3, -0.25) is 24.5 Å². The molecule has 3 aromatic rings. The highest BCUT2D eigenvalue weighted by molar-refractivity contribution is 6.28. The summed E-state index contributed by atoms with van der Waals surface area (Å²) >= 11 is 0. The van der Waals surface area contributed by atoms with Gasteiger partial charge in [0.1, 0.15) is 5.56 Å². The number of anilines is 1. The fraction of sp³-hybridized carbons (Fsp3) is 0.0833. The summed E-state index contributed by atoms with van der Waals surface area (Å²) in [5, 5.41) is 13.7. The van der Waals surface area contributed by atoms with E-state index >= 15 is 0 Å². The van der Waals surface area contributed by atoms with Gasteiger partial charge in [-0.15, -0.1) is 0 Å². The van der Waals surface area contributed by atoms with E-state index in [0.717, 1.165) is 0 Å². The first-order chi connectivity index (χ1) is 15.8. The molecule has 1 N–H and O–H groups in total. The number of benzene rings is 3. The van der Waals surface area contributed by atoms with Crippen LogP contribution in [0, 0.1) is 17.0 Å². The zero-order chi connectivity index (χ0) is 23.7. The monoisotopic (exact) mass is 444 g/mol. The van der Waals surface area contributed by atoms with Gasteiger partial charge in [0.25, 0.3) is 11.6 Å². The normalized spacial score (nSPS) is 11.9. The third-order valence-electron chi connectivity index (χ3n) is 5.19. The number of ether oxygens (including phenoxy) is 1. The van der Waals surface area contributed by atoms with Gasteiger partial charge < -0.3 is 10.1 Å². The van der Waals surface area contributed by atoms with Crippen LogP contribution in [0.15, 0.2) is 60.7 Å². The standard InChI is InChI=1S/C24H16N2O7/c1-13-5-4-8-19(26(31)32)21(13)24(30)33-12-20(27)25-14-9-10-17-18(11-14)23(29)16-7-3-2-6-15(16)22(17)28/h2-11H,12H2,1H3,(H,25,27). The number of hydrogen-bond acceptors (Lipinski definition) is 7. The molecular weight excluding hydrogens is 428 g/mol. The number of ketones is 2. The maximum atomic E-state index is 12.8. The molecule has 33 heavy (non-hydrogen) atoms. The van der Waals surface area contributed by atoms with Crippen LogP contribution in [0.4, 0.5) is 11.4 Å². The van der Waals surface area contributed by atoms with Crippen LogP contribution in [0.1, 0.15) is 47.8 Å². The van der Waals surface area contributed by atoms with Crippen molar-refractivity contribution >= 4 is 34.8 Å². The molecule has 0 unspecified atom stereocenters. The van der Waals surface area contributed by atoms with E-state index in [0.29, 0.717) is 11.1 Å². The number of carbonyl (C=O) groups excluding carboxylic acids is 4. The number of nitrogens with zero attached hydrogens (tertiary/aromatic N) is 1. The van der Waals surface area contributed by atoms with Crippen LogP contribution < -0.4 is 5.32 Å². The minimum absolute atomic E-state index is 0.157. The van der Waals surface area contributed by atoms with Crippen LogP contribution in [0.25, 0.3) is 0 Å². The molecule has 3 aromatic carbocycles. The van der Waals surface area contributed by atoms with Crippen molar-refractivity contribution in [2.45, 2.75) is 6.92 Å². The number of amides is 1. The summed E-state index contributed by atoms with van der Waals surface area (Å²) in [7, 11) is 0. The number of carbonyl (C=O) groups is 4. The lowest BCUT2D eigenvalue weighted by Gasteiger charge is -2.18. The molecular formula is C24H16N2O7. The molecule has 0 fully saturated rings. The fourth-order valence-corrected chi connectivity index (χ4v) is 3.65. The van der Waals surface area contributed by atoms with Crippen LogP contribution in [0.3, 0.4) is 0 Å². The summed E-state index contributed by atoms with van der Waals surface area (Å²) in [6.07, 6.45) is 0. The Hall–Kier alpha value is -4.66. The third kappa shape index (κ3) is 3.99. The second kappa shape index (κ2) is 8.46. The van der Waals surface area contributed by atoms with Crippen molar-refractivity contribution in [3.63, 3.8) is 0 Å². The predicted octanol–water partition coefficient (Wildman–Crippen LogP) is 3.47. The molecule has 9 nitrogen and oxygen atoms in total. The summed E-state index contributed by atoms with van der Waals surface area (Å²) in [6, 6.07) is 14.9. The van der Waals surface area contributed by atoms with E-state index < -0.39 is 29.1 Å². The van der Waals surface area contributed by atoms with Crippen molar-refractivity contribution in [1.82, 2.24) is 0 Å². The van der Waals surface area contributed by atoms with Crippen LogP contribution in [-0.4, -0.2) is 35.0 Å². The van der Waals surface area contributed by atoms with Crippen molar-refractivity contribution < 1.29 is 28.8 Å². The first kappa shape index (κ1) is 21.6. The van der Waals surface area contributed by atoms with Crippen molar-refractivity contribution in [2.24, 2.45) is 0 Å². The zero-order valence-electron chi connectivity index (χ0n) is 17.3. The van der Waals surface area contributed by atoms with Gasteiger partial charge in [0, 0.05) is 34.0 Å². The average Bonchev–Trinajstić information content (AvgIpc) is 2.80. The topological polar surface area (TPSA) is 133 Å². The molecule has 0 aliphatic heterocycles. The van der Waals surface area contributed by atoms with Gasteiger partial charge in [0.05, 0.1) is 4.92 Å². The van der Waals surface area contributed by atoms with Crippen LogP contribution in [0.2, 0.25) is 0 Å². The maximum Gasteiger partial charge on any atom is 0.345 e. The molecule has 0 radical (unpaired) electrons. The molecule has 0 saturated heterocycles. The summed E-state index contributed by atoms with van der Waals surface area (Å²) < 4.78 is 4.95. The van der Waals surface area contributed by atoms with E-state index in [2.05, 4.69) is 5.32 Å². The molecule has 0 bridgehead atoms. The van der Waals surface area contributed by atoms with E-state index in [4.69, 9.17) is 4.74 Å². The Balaban J connectivity index is 1.48. The van der Waals surface area contributed by atoms with Crippen molar-refractivity contribution in [1.29, 1.82) is 0 Å².